The van der Waals surface area contributed by atoms with Crippen molar-refractivity contribution in [1.29, 1.82) is 0 Å². The van der Waals surface area contributed by atoms with Crippen LogP contribution in [0.5, 0.6) is 5.75 Å². The van der Waals surface area contributed by atoms with E-state index in [-0.39, 0.29) is 0 Å². The Morgan fingerprint density at radius 1 is 1.38 bits per heavy atom. The highest BCUT2D eigenvalue weighted by atomic mass is 16.5. The van der Waals surface area contributed by atoms with E-state index in [0.29, 0.717) is 0 Å². The van der Waals surface area contributed by atoms with Crippen molar-refractivity contribution >= 4 is 0 Å². The summed E-state index contributed by atoms with van der Waals surface area (Å²) >= 11 is 0. The van der Waals surface area contributed by atoms with Crippen LogP contribution >= 0.6 is 0 Å². The van der Waals surface area contributed by atoms with Crippen molar-refractivity contribution in [2.75, 3.05) is 7.11 Å². The number of hydrogen-bond acceptors (Lipinski definition) is 2. The first-order chi connectivity index (χ1) is 6.20. The van der Waals surface area contributed by atoms with Crippen molar-refractivity contribution in [3.8, 4) is 5.75 Å². The van der Waals surface area contributed by atoms with Gasteiger partial charge in [0.1, 0.15) is 5.75 Å². The fourth-order valence-electron chi connectivity index (χ4n) is 1.56. The van der Waals surface area contributed by atoms with Gasteiger partial charge >= 0.3 is 0 Å². The highest BCUT2D eigenvalue weighted by molar-refractivity contribution is 5.40. The highest BCUT2D eigenvalue weighted by Crippen LogP contribution is 2.24. The molecule has 0 N–H and O–H groups in total. The summed E-state index contributed by atoms with van der Waals surface area (Å²) in [6, 6.07) is 0. The van der Waals surface area contributed by atoms with Gasteiger partial charge in [0, 0.05) is 23.0 Å². The van der Waals surface area contributed by atoms with Gasteiger partial charge in [0.15, 0.2) is 0 Å². The van der Waals surface area contributed by atoms with Gasteiger partial charge in [-0.15, -0.1) is 0 Å². The van der Waals surface area contributed by atoms with Crippen LogP contribution < -0.4 is 4.74 Å². The molecule has 0 spiro atoms. The zero-order chi connectivity index (χ0) is 9.84. The third-order valence-corrected chi connectivity index (χ3v) is 2.24. The second-order valence-electron chi connectivity index (χ2n) is 3.30. The maximum atomic E-state index is 5.32. The Kier molecular flexibility index (Phi) is 3.29. The van der Waals surface area contributed by atoms with E-state index in [0.717, 1.165) is 29.8 Å². The summed E-state index contributed by atoms with van der Waals surface area (Å²) in [6.07, 6.45) is 4.04. The molecule has 0 fully saturated rings. The summed E-state index contributed by atoms with van der Waals surface area (Å²) in [4.78, 5) is 4.40. The molecule has 72 valence electrons. The van der Waals surface area contributed by atoms with Crippen LogP contribution in [-0.4, -0.2) is 12.1 Å². The molecule has 0 saturated heterocycles. The molecule has 0 radical (unpaired) electrons. The van der Waals surface area contributed by atoms with Gasteiger partial charge in [0.05, 0.1) is 7.11 Å². The second kappa shape index (κ2) is 4.26. The van der Waals surface area contributed by atoms with Crippen LogP contribution in [-0.2, 0) is 6.42 Å². The van der Waals surface area contributed by atoms with Gasteiger partial charge in [0.2, 0.25) is 0 Å². The van der Waals surface area contributed by atoms with Gasteiger partial charge in [0.25, 0.3) is 0 Å². The first-order valence-corrected chi connectivity index (χ1v) is 4.69. The fourth-order valence-corrected chi connectivity index (χ4v) is 1.56. The number of ether oxygens (including phenoxy) is 1. The van der Waals surface area contributed by atoms with Gasteiger partial charge in [-0.25, -0.2) is 0 Å². The van der Waals surface area contributed by atoms with E-state index in [4.69, 9.17) is 4.74 Å². The molecule has 0 aliphatic carbocycles. The molecule has 0 atom stereocenters. The number of aromatic nitrogens is 1. The van der Waals surface area contributed by atoms with Crippen LogP contribution in [0.3, 0.4) is 0 Å². The predicted molar refractivity (Wildman–Crippen MR) is 54.3 cm³/mol. The molecule has 0 bridgehead atoms. The van der Waals surface area contributed by atoms with Gasteiger partial charge in [-0.2, -0.15) is 0 Å². The SMILES string of the molecule is CCCc1ncc(C)c(OC)c1C. The molecule has 1 rings (SSSR count). The molecule has 1 heterocycles. The number of methoxy groups -OCH3 is 1. The number of pyridine rings is 1. The van der Waals surface area contributed by atoms with E-state index in [1.807, 2.05) is 13.1 Å². The molecule has 2 heteroatoms. The molecular weight excluding hydrogens is 162 g/mol. The average molecular weight is 179 g/mol. The summed E-state index contributed by atoms with van der Waals surface area (Å²) in [6.45, 7) is 6.26. The Labute approximate surface area is 80.0 Å². The van der Waals surface area contributed by atoms with E-state index < -0.39 is 0 Å². The van der Waals surface area contributed by atoms with Gasteiger partial charge in [-0.1, -0.05) is 13.3 Å². The molecule has 0 unspecified atom stereocenters. The van der Waals surface area contributed by atoms with Crippen molar-refractivity contribution in [2.24, 2.45) is 0 Å². The third-order valence-electron chi connectivity index (χ3n) is 2.24. The van der Waals surface area contributed by atoms with Crippen molar-refractivity contribution in [1.82, 2.24) is 4.98 Å². The number of aryl methyl sites for hydroxylation is 2. The zero-order valence-corrected chi connectivity index (χ0v) is 8.85. The zero-order valence-electron chi connectivity index (χ0n) is 8.85. The number of rotatable bonds is 3. The first-order valence-electron chi connectivity index (χ1n) is 4.69. The van der Waals surface area contributed by atoms with Crippen molar-refractivity contribution in [3.63, 3.8) is 0 Å². The normalized spacial score (nSPS) is 10.2. The maximum Gasteiger partial charge on any atom is 0.128 e. The molecule has 1 aromatic rings. The number of nitrogens with zero attached hydrogens (tertiary/aromatic N) is 1. The Balaban J connectivity index is 3.11. The summed E-state index contributed by atoms with van der Waals surface area (Å²) in [5, 5.41) is 0. The molecule has 0 aliphatic rings. The molecule has 0 amide bonds. The quantitative estimate of drug-likeness (QED) is 0.711. The first kappa shape index (κ1) is 10.0. The number of hydrogen-bond donors (Lipinski definition) is 0. The van der Waals surface area contributed by atoms with Crippen molar-refractivity contribution in [3.05, 3.63) is 23.0 Å². The Morgan fingerprint density at radius 3 is 2.62 bits per heavy atom. The lowest BCUT2D eigenvalue weighted by molar-refractivity contribution is 0.407. The molecule has 0 aliphatic heterocycles. The van der Waals surface area contributed by atoms with E-state index >= 15 is 0 Å². The Hall–Kier alpha value is -1.05. The molecular formula is C11H17NO. The van der Waals surface area contributed by atoms with Gasteiger partial charge in [-0.3, -0.25) is 4.98 Å². The summed E-state index contributed by atoms with van der Waals surface area (Å²) in [7, 11) is 1.71. The van der Waals surface area contributed by atoms with Crippen LogP contribution in [0.2, 0.25) is 0 Å². The van der Waals surface area contributed by atoms with Gasteiger partial charge < -0.3 is 4.74 Å². The molecule has 0 aromatic carbocycles. The van der Waals surface area contributed by atoms with Crippen LogP contribution in [0.25, 0.3) is 0 Å². The van der Waals surface area contributed by atoms with Crippen molar-refractivity contribution in [2.45, 2.75) is 33.6 Å². The molecule has 1 aromatic heterocycles. The van der Waals surface area contributed by atoms with Crippen LogP contribution in [0.15, 0.2) is 6.20 Å². The minimum absolute atomic E-state index is 0.985. The standard InChI is InChI=1S/C11H17NO/c1-5-6-10-9(3)11(13-4)8(2)7-12-10/h7H,5-6H2,1-4H3. The fraction of sp³-hybridized carbons (Fsp3) is 0.545. The van der Waals surface area contributed by atoms with E-state index in [1.54, 1.807) is 7.11 Å². The summed E-state index contributed by atoms with van der Waals surface area (Å²) in [5.41, 5.74) is 3.45. The minimum atomic E-state index is 0.985. The van der Waals surface area contributed by atoms with Crippen LogP contribution in [0.1, 0.15) is 30.2 Å². The van der Waals surface area contributed by atoms with E-state index in [2.05, 4.69) is 18.8 Å². The summed E-state index contributed by atoms with van der Waals surface area (Å²) < 4.78 is 5.32. The molecule has 13 heavy (non-hydrogen) atoms. The molecule has 0 saturated carbocycles. The third kappa shape index (κ3) is 2.00. The van der Waals surface area contributed by atoms with Crippen LogP contribution in [0, 0.1) is 13.8 Å². The topological polar surface area (TPSA) is 22.1 Å². The van der Waals surface area contributed by atoms with Crippen molar-refractivity contribution < 1.29 is 4.74 Å². The lowest BCUT2D eigenvalue weighted by Crippen LogP contribution is -1.99. The monoisotopic (exact) mass is 179 g/mol. The van der Waals surface area contributed by atoms with Crippen LogP contribution in [0.4, 0.5) is 0 Å². The molecule has 2 nitrogen and oxygen atoms in total. The summed E-state index contributed by atoms with van der Waals surface area (Å²) in [5.74, 6) is 0.985. The minimum Gasteiger partial charge on any atom is -0.496 e. The average Bonchev–Trinajstić information content (AvgIpc) is 2.11. The highest BCUT2D eigenvalue weighted by Gasteiger charge is 2.07. The Bertz CT molecular complexity index is 294. The smallest absolute Gasteiger partial charge is 0.128 e. The lowest BCUT2D eigenvalue weighted by Gasteiger charge is -2.11. The largest absolute Gasteiger partial charge is 0.496 e. The maximum absolute atomic E-state index is 5.32. The Morgan fingerprint density at radius 2 is 2.08 bits per heavy atom. The predicted octanol–water partition coefficient (Wildman–Crippen LogP) is 2.66. The lowest BCUT2D eigenvalue weighted by atomic mass is 10.1. The van der Waals surface area contributed by atoms with Gasteiger partial charge in [-0.05, 0) is 20.3 Å². The van der Waals surface area contributed by atoms with E-state index in [9.17, 15) is 0 Å². The second-order valence-corrected chi connectivity index (χ2v) is 3.30. The van der Waals surface area contributed by atoms with E-state index in [1.165, 1.54) is 5.56 Å².